The maximum Gasteiger partial charge on any atom is 0.254 e. The highest BCUT2D eigenvalue weighted by Gasteiger charge is 2.28. The van der Waals surface area contributed by atoms with E-state index in [1.165, 1.54) is 0 Å². The molecule has 5 nitrogen and oxygen atoms in total. The van der Waals surface area contributed by atoms with Crippen LogP contribution in [-0.2, 0) is 4.79 Å². The third kappa shape index (κ3) is 5.21. The van der Waals surface area contributed by atoms with Crippen molar-refractivity contribution in [3.63, 3.8) is 0 Å². The van der Waals surface area contributed by atoms with Crippen molar-refractivity contribution in [3.8, 4) is 0 Å². The lowest BCUT2D eigenvalue weighted by Gasteiger charge is -2.36. The first-order chi connectivity index (χ1) is 11.0. The second kappa shape index (κ2) is 9.64. The Hall–Kier alpha value is -1.59. The first-order valence-corrected chi connectivity index (χ1v) is 8.38. The predicted molar refractivity (Wildman–Crippen MR) is 98.5 cm³/mol. The molecule has 2 rings (SSSR count). The highest BCUT2D eigenvalue weighted by atomic mass is 35.5. The average Bonchev–Trinajstić information content (AvgIpc) is 2.53. The Morgan fingerprint density at radius 3 is 2.71 bits per heavy atom. The predicted octanol–water partition coefficient (Wildman–Crippen LogP) is 2.18. The van der Waals surface area contributed by atoms with Crippen LogP contribution < -0.4 is 11.1 Å². The molecular weight excluding hydrogens is 326 g/mol. The minimum Gasteiger partial charge on any atom is -0.354 e. The van der Waals surface area contributed by atoms with E-state index in [-0.39, 0.29) is 30.3 Å². The minimum atomic E-state index is -0.0445. The molecule has 3 N–H and O–H groups in total. The first kappa shape index (κ1) is 20.5. The summed E-state index contributed by atoms with van der Waals surface area (Å²) in [6.07, 6.45) is 3.37. The average molecular weight is 354 g/mol. The van der Waals surface area contributed by atoms with E-state index in [0.717, 1.165) is 42.5 Å². The summed E-state index contributed by atoms with van der Waals surface area (Å²) in [6.45, 7) is 5.61. The van der Waals surface area contributed by atoms with Crippen LogP contribution in [0.3, 0.4) is 0 Å². The number of aryl methyl sites for hydroxylation is 2. The fraction of sp³-hybridized carbons (Fsp3) is 0.556. The number of piperidine rings is 1. The van der Waals surface area contributed by atoms with Gasteiger partial charge in [0.15, 0.2) is 0 Å². The number of nitrogens with two attached hydrogens (primary N) is 1. The number of benzene rings is 1. The van der Waals surface area contributed by atoms with Gasteiger partial charge in [0.05, 0.1) is 0 Å². The van der Waals surface area contributed by atoms with Gasteiger partial charge in [0.2, 0.25) is 5.91 Å². The molecular formula is C18H28ClN3O2. The first-order valence-electron chi connectivity index (χ1n) is 8.38. The lowest BCUT2D eigenvalue weighted by Crippen LogP contribution is -2.49. The largest absolute Gasteiger partial charge is 0.354 e. The Labute approximate surface area is 150 Å². The molecule has 2 amide bonds. The number of nitrogens with zero attached hydrogens (tertiary/aromatic N) is 1. The topological polar surface area (TPSA) is 75.4 Å². The molecule has 1 aromatic carbocycles. The van der Waals surface area contributed by atoms with Crippen molar-refractivity contribution in [2.45, 2.75) is 45.6 Å². The van der Waals surface area contributed by atoms with Crippen molar-refractivity contribution in [2.24, 2.45) is 5.73 Å². The highest BCUT2D eigenvalue weighted by Crippen LogP contribution is 2.21. The molecule has 1 saturated heterocycles. The lowest BCUT2D eigenvalue weighted by atomic mass is 9.98. The van der Waals surface area contributed by atoms with Gasteiger partial charge in [-0.25, -0.2) is 0 Å². The second-order valence-electron chi connectivity index (χ2n) is 6.31. The van der Waals surface area contributed by atoms with Gasteiger partial charge in [-0.3, -0.25) is 9.59 Å². The highest BCUT2D eigenvalue weighted by molar-refractivity contribution is 5.96. The van der Waals surface area contributed by atoms with Crippen molar-refractivity contribution < 1.29 is 9.59 Å². The molecule has 0 radical (unpaired) electrons. The summed E-state index contributed by atoms with van der Waals surface area (Å²) in [6, 6.07) is 5.99. The van der Waals surface area contributed by atoms with E-state index in [0.29, 0.717) is 19.5 Å². The summed E-state index contributed by atoms with van der Waals surface area (Å²) < 4.78 is 0. The molecule has 1 aliphatic rings. The number of likely N-dealkylation sites (tertiary alicyclic amines) is 1. The van der Waals surface area contributed by atoms with Crippen LogP contribution in [0.1, 0.15) is 47.2 Å². The molecule has 1 atom stereocenters. The molecule has 0 aromatic heterocycles. The smallest absolute Gasteiger partial charge is 0.254 e. The van der Waals surface area contributed by atoms with Crippen molar-refractivity contribution in [2.75, 3.05) is 19.6 Å². The van der Waals surface area contributed by atoms with E-state index in [1.807, 2.05) is 36.9 Å². The van der Waals surface area contributed by atoms with Crippen molar-refractivity contribution in [3.05, 3.63) is 34.9 Å². The third-order valence-electron chi connectivity index (χ3n) is 4.41. The molecule has 1 heterocycles. The van der Waals surface area contributed by atoms with Crippen LogP contribution in [0, 0.1) is 13.8 Å². The van der Waals surface area contributed by atoms with Crippen LogP contribution in [0.15, 0.2) is 18.2 Å². The van der Waals surface area contributed by atoms with E-state index in [1.54, 1.807) is 0 Å². The normalized spacial score (nSPS) is 17.1. The molecule has 24 heavy (non-hydrogen) atoms. The quantitative estimate of drug-likeness (QED) is 0.852. The van der Waals surface area contributed by atoms with Crippen LogP contribution in [0.25, 0.3) is 0 Å². The van der Waals surface area contributed by atoms with Gasteiger partial charge in [-0.15, -0.1) is 12.4 Å². The van der Waals surface area contributed by atoms with Gasteiger partial charge in [0.25, 0.3) is 5.91 Å². The molecule has 0 bridgehead atoms. The van der Waals surface area contributed by atoms with Crippen molar-refractivity contribution in [1.29, 1.82) is 0 Å². The van der Waals surface area contributed by atoms with Crippen molar-refractivity contribution >= 4 is 24.2 Å². The molecule has 134 valence electrons. The number of rotatable bonds is 5. The van der Waals surface area contributed by atoms with Crippen LogP contribution in [0.5, 0.6) is 0 Å². The molecule has 1 aromatic rings. The Kier molecular flexibility index (Phi) is 8.22. The molecule has 0 spiro atoms. The second-order valence-corrected chi connectivity index (χ2v) is 6.31. The van der Waals surface area contributed by atoms with Crippen LogP contribution in [-0.4, -0.2) is 42.4 Å². The van der Waals surface area contributed by atoms with Crippen LogP contribution >= 0.6 is 12.4 Å². The Morgan fingerprint density at radius 2 is 2.04 bits per heavy atom. The Morgan fingerprint density at radius 1 is 1.29 bits per heavy atom. The zero-order valence-corrected chi connectivity index (χ0v) is 15.3. The molecule has 0 saturated carbocycles. The van der Waals surface area contributed by atoms with Crippen LogP contribution in [0.2, 0.25) is 0 Å². The number of amides is 2. The molecule has 1 fully saturated rings. The summed E-state index contributed by atoms with van der Waals surface area (Å²) in [7, 11) is 0. The van der Waals surface area contributed by atoms with Gasteiger partial charge in [-0.2, -0.15) is 0 Å². The number of carbonyl (C=O) groups is 2. The fourth-order valence-electron chi connectivity index (χ4n) is 3.14. The molecule has 6 heteroatoms. The van der Waals surface area contributed by atoms with E-state index in [4.69, 9.17) is 5.73 Å². The summed E-state index contributed by atoms with van der Waals surface area (Å²) in [5.74, 6) is 0.0252. The summed E-state index contributed by atoms with van der Waals surface area (Å²) >= 11 is 0. The van der Waals surface area contributed by atoms with E-state index in [2.05, 4.69) is 5.32 Å². The van der Waals surface area contributed by atoms with Crippen LogP contribution in [0.4, 0.5) is 0 Å². The van der Waals surface area contributed by atoms with E-state index < -0.39 is 0 Å². The maximum atomic E-state index is 12.9. The SMILES string of the molecule is Cc1ccc(C(=O)N2CCCCC2CNC(=O)CCN)c(C)c1.Cl. The van der Waals surface area contributed by atoms with Gasteiger partial charge in [0, 0.05) is 37.7 Å². The summed E-state index contributed by atoms with van der Waals surface area (Å²) in [5, 5.41) is 2.90. The fourth-order valence-corrected chi connectivity index (χ4v) is 3.14. The van der Waals surface area contributed by atoms with Gasteiger partial charge >= 0.3 is 0 Å². The molecule has 1 unspecified atom stereocenters. The van der Waals surface area contributed by atoms with Gasteiger partial charge in [-0.05, 0) is 44.7 Å². The minimum absolute atomic E-state index is 0. The third-order valence-corrected chi connectivity index (χ3v) is 4.41. The zero-order chi connectivity index (χ0) is 16.8. The number of hydrogen-bond donors (Lipinski definition) is 2. The van der Waals surface area contributed by atoms with Gasteiger partial charge in [0.1, 0.15) is 0 Å². The van der Waals surface area contributed by atoms with Gasteiger partial charge in [-0.1, -0.05) is 17.7 Å². The van der Waals surface area contributed by atoms with Crippen molar-refractivity contribution in [1.82, 2.24) is 10.2 Å². The number of carbonyl (C=O) groups excluding carboxylic acids is 2. The Bertz CT molecular complexity index is 577. The molecule has 0 aliphatic carbocycles. The van der Waals surface area contributed by atoms with E-state index >= 15 is 0 Å². The monoisotopic (exact) mass is 353 g/mol. The standard InChI is InChI=1S/C18H27N3O2.ClH/c1-13-6-7-16(14(2)11-13)18(23)21-10-4-3-5-15(21)12-20-17(22)8-9-19;/h6-7,11,15H,3-5,8-10,12,19H2,1-2H3,(H,20,22);1H. The number of hydrogen-bond acceptors (Lipinski definition) is 3. The number of halogens is 1. The Balaban J connectivity index is 0.00000288. The number of nitrogens with one attached hydrogen (secondary N) is 1. The summed E-state index contributed by atoms with van der Waals surface area (Å²) in [4.78, 5) is 26.5. The van der Waals surface area contributed by atoms with E-state index in [9.17, 15) is 9.59 Å². The zero-order valence-electron chi connectivity index (χ0n) is 14.5. The lowest BCUT2D eigenvalue weighted by molar-refractivity contribution is -0.121. The molecule has 1 aliphatic heterocycles. The van der Waals surface area contributed by atoms with Gasteiger partial charge < -0.3 is 16.0 Å². The summed E-state index contributed by atoms with van der Waals surface area (Å²) in [5.41, 5.74) is 8.31. The maximum absolute atomic E-state index is 12.9.